The number of nitrogens with two attached hydrogens (primary N) is 1. The summed E-state index contributed by atoms with van der Waals surface area (Å²) in [6, 6.07) is 5.03. The van der Waals surface area contributed by atoms with Gasteiger partial charge in [-0.2, -0.15) is 5.10 Å². The maximum absolute atomic E-state index is 13.3. The van der Waals surface area contributed by atoms with Gasteiger partial charge < -0.3 is 5.73 Å². The Balaban J connectivity index is 2.63. The molecule has 1 aromatic heterocycles. The monoisotopic (exact) mass is 247 g/mol. The van der Waals surface area contributed by atoms with Crippen LogP contribution in [0.2, 0.25) is 0 Å². The van der Waals surface area contributed by atoms with Crippen LogP contribution in [0.25, 0.3) is 11.3 Å². The highest BCUT2D eigenvalue weighted by molar-refractivity contribution is 5.69. The van der Waals surface area contributed by atoms with Crippen molar-refractivity contribution in [1.82, 2.24) is 9.78 Å². The van der Waals surface area contributed by atoms with Crippen molar-refractivity contribution < 1.29 is 4.39 Å². The number of nitrogen functional groups attached to an aromatic ring is 1. The summed E-state index contributed by atoms with van der Waals surface area (Å²) in [6.45, 7) is 5.90. The van der Waals surface area contributed by atoms with Crippen molar-refractivity contribution in [3.05, 3.63) is 35.1 Å². The first kappa shape index (κ1) is 12.6. The minimum Gasteiger partial charge on any atom is -0.384 e. The lowest BCUT2D eigenvalue weighted by atomic mass is 9.98. The van der Waals surface area contributed by atoms with Crippen LogP contribution >= 0.6 is 0 Å². The van der Waals surface area contributed by atoms with E-state index in [9.17, 15) is 4.39 Å². The lowest BCUT2D eigenvalue weighted by molar-refractivity contribution is 0.618. The summed E-state index contributed by atoms with van der Waals surface area (Å²) in [4.78, 5) is 0. The Labute approximate surface area is 106 Å². The van der Waals surface area contributed by atoms with E-state index >= 15 is 0 Å². The number of benzene rings is 1. The molecule has 0 spiro atoms. The second-order valence-electron chi connectivity index (χ2n) is 4.89. The molecule has 0 aliphatic rings. The van der Waals surface area contributed by atoms with E-state index in [1.54, 1.807) is 17.7 Å². The van der Waals surface area contributed by atoms with E-state index in [1.807, 2.05) is 13.1 Å². The molecule has 0 unspecified atom stereocenters. The zero-order chi connectivity index (χ0) is 13.4. The molecule has 4 heteroatoms. The molecule has 0 fully saturated rings. The molecule has 0 atom stereocenters. The van der Waals surface area contributed by atoms with Crippen LogP contribution in [0.5, 0.6) is 0 Å². The largest absolute Gasteiger partial charge is 0.384 e. The van der Waals surface area contributed by atoms with Crippen molar-refractivity contribution in [1.29, 1.82) is 0 Å². The lowest BCUT2D eigenvalue weighted by Crippen LogP contribution is -2.00. The highest BCUT2D eigenvalue weighted by atomic mass is 19.1. The first-order valence-electron chi connectivity index (χ1n) is 6.00. The fourth-order valence-electron chi connectivity index (χ4n) is 2.13. The van der Waals surface area contributed by atoms with Gasteiger partial charge in [0.05, 0.1) is 5.69 Å². The number of hydrogen-bond donors (Lipinski definition) is 1. The molecular formula is C14H18FN3. The summed E-state index contributed by atoms with van der Waals surface area (Å²) in [6.07, 6.45) is 0. The van der Waals surface area contributed by atoms with E-state index in [-0.39, 0.29) is 11.7 Å². The third-order valence-corrected chi connectivity index (χ3v) is 3.14. The van der Waals surface area contributed by atoms with Crippen LogP contribution in [0.1, 0.15) is 30.9 Å². The Morgan fingerprint density at radius 2 is 2.00 bits per heavy atom. The number of aromatic nitrogens is 2. The quantitative estimate of drug-likeness (QED) is 0.885. The Morgan fingerprint density at radius 1 is 1.33 bits per heavy atom. The van der Waals surface area contributed by atoms with Crippen LogP contribution in [-0.2, 0) is 7.05 Å². The Morgan fingerprint density at radius 3 is 2.56 bits per heavy atom. The first-order chi connectivity index (χ1) is 8.41. The third-order valence-electron chi connectivity index (χ3n) is 3.14. The molecule has 0 saturated heterocycles. The second-order valence-corrected chi connectivity index (χ2v) is 4.89. The zero-order valence-electron chi connectivity index (χ0n) is 11.2. The molecule has 18 heavy (non-hydrogen) atoms. The van der Waals surface area contributed by atoms with Gasteiger partial charge in [0, 0.05) is 18.2 Å². The van der Waals surface area contributed by atoms with Crippen molar-refractivity contribution in [3.63, 3.8) is 0 Å². The van der Waals surface area contributed by atoms with Gasteiger partial charge in [0.2, 0.25) is 0 Å². The maximum Gasteiger partial charge on any atom is 0.126 e. The zero-order valence-corrected chi connectivity index (χ0v) is 11.2. The van der Waals surface area contributed by atoms with Gasteiger partial charge in [-0.1, -0.05) is 13.8 Å². The van der Waals surface area contributed by atoms with Gasteiger partial charge in [0.25, 0.3) is 0 Å². The summed E-state index contributed by atoms with van der Waals surface area (Å²) in [5, 5.41) is 4.44. The van der Waals surface area contributed by atoms with Crippen LogP contribution < -0.4 is 5.73 Å². The Bertz CT molecular complexity index is 585. The molecule has 96 valence electrons. The maximum atomic E-state index is 13.3. The van der Waals surface area contributed by atoms with E-state index in [4.69, 9.17) is 5.73 Å². The van der Waals surface area contributed by atoms with Crippen molar-refractivity contribution in [2.24, 2.45) is 7.05 Å². The van der Waals surface area contributed by atoms with Crippen LogP contribution in [0.3, 0.4) is 0 Å². The van der Waals surface area contributed by atoms with Crippen molar-refractivity contribution in [2.45, 2.75) is 26.7 Å². The van der Waals surface area contributed by atoms with Gasteiger partial charge in [-0.3, -0.25) is 4.68 Å². The normalized spacial score (nSPS) is 11.2. The topological polar surface area (TPSA) is 43.8 Å². The van der Waals surface area contributed by atoms with Gasteiger partial charge in [-0.15, -0.1) is 0 Å². The van der Waals surface area contributed by atoms with E-state index in [0.29, 0.717) is 11.4 Å². The van der Waals surface area contributed by atoms with E-state index in [0.717, 1.165) is 16.8 Å². The van der Waals surface area contributed by atoms with E-state index in [2.05, 4.69) is 18.9 Å². The van der Waals surface area contributed by atoms with Gasteiger partial charge in [0.1, 0.15) is 11.6 Å². The molecule has 1 aromatic carbocycles. The SMILES string of the molecule is Cc1cc(-c2nn(C)c(N)c2C(C)C)ccc1F. The second kappa shape index (κ2) is 4.44. The highest BCUT2D eigenvalue weighted by Gasteiger charge is 2.18. The number of anilines is 1. The van der Waals surface area contributed by atoms with Crippen molar-refractivity contribution >= 4 is 5.82 Å². The Hall–Kier alpha value is -1.84. The molecule has 0 aliphatic heterocycles. The molecule has 0 bridgehead atoms. The number of nitrogens with zero attached hydrogens (tertiary/aromatic N) is 2. The van der Waals surface area contributed by atoms with Gasteiger partial charge in [0.15, 0.2) is 0 Å². The molecular weight excluding hydrogens is 229 g/mol. The molecule has 0 saturated carbocycles. The average Bonchev–Trinajstić information content (AvgIpc) is 2.59. The predicted molar refractivity (Wildman–Crippen MR) is 71.8 cm³/mol. The number of aryl methyl sites for hydroxylation is 2. The van der Waals surface area contributed by atoms with E-state index in [1.165, 1.54) is 6.07 Å². The van der Waals surface area contributed by atoms with Gasteiger partial charge in [-0.05, 0) is 36.6 Å². The average molecular weight is 247 g/mol. The smallest absolute Gasteiger partial charge is 0.126 e. The van der Waals surface area contributed by atoms with E-state index < -0.39 is 0 Å². The number of hydrogen-bond acceptors (Lipinski definition) is 2. The van der Waals surface area contributed by atoms with Crippen molar-refractivity contribution in [2.75, 3.05) is 5.73 Å². The van der Waals surface area contributed by atoms with Crippen LogP contribution in [0.4, 0.5) is 10.2 Å². The van der Waals surface area contributed by atoms with Gasteiger partial charge >= 0.3 is 0 Å². The number of rotatable bonds is 2. The molecule has 1 heterocycles. The Kier molecular flexibility index (Phi) is 3.11. The highest BCUT2D eigenvalue weighted by Crippen LogP contribution is 2.33. The number of halogens is 1. The fraction of sp³-hybridized carbons (Fsp3) is 0.357. The van der Waals surface area contributed by atoms with Crippen LogP contribution in [-0.4, -0.2) is 9.78 Å². The minimum absolute atomic E-state index is 0.200. The molecule has 2 rings (SSSR count). The molecule has 2 N–H and O–H groups in total. The minimum atomic E-state index is -0.200. The van der Waals surface area contributed by atoms with Gasteiger partial charge in [-0.25, -0.2) is 4.39 Å². The molecule has 2 aromatic rings. The lowest BCUT2D eigenvalue weighted by Gasteiger charge is -2.08. The van der Waals surface area contributed by atoms with Crippen molar-refractivity contribution in [3.8, 4) is 11.3 Å². The van der Waals surface area contributed by atoms with Crippen LogP contribution in [0, 0.1) is 12.7 Å². The summed E-state index contributed by atoms with van der Waals surface area (Å²) in [5.41, 5.74) is 9.42. The summed E-state index contributed by atoms with van der Waals surface area (Å²) < 4.78 is 15.0. The predicted octanol–water partition coefficient (Wildman–Crippen LogP) is 3.24. The fourth-order valence-corrected chi connectivity index (χ4v) is 2.13. The molecule has 0 radical (unpaired) electrons. The summed E-state index contributed by atoms with van der Waals surface area (Å²) in [5.74, 6) is 0.745. The standard InChI is InChI=1S/C14H18FN3/c1-8(2)12-13(17-18(4)14(12)16)10-5-6-11(15)9(3)7-10/h5-8H,16H2,1-4H3. The molecule has 0 amide bonds. The first-order valence-corrected chi connectivity index (χ1v) is 6.00. The third kappa shape index (κ3) is 1.98. The summed E-state index contributed by atoms with van der Waals surface area (Å²) >= 11 is 0. The van der Waals surface area contributed by atoms with Crippen LogP contribution in [0.15, 0.2) is 18.2 Å². The molecule has 3 nitrogen and oxygen atoms in total. The molecule has 0 aliphatic carbocycles. The summed E-state index contributed by atoms with van der Waals surface area (Å²) in [7, 11) is 1.82.